The number of alkyl halides is 3. The fraction of sp³-hybridized carbons (Fsp3) is 0.316. The van der Waals surface area contributed by atoms with E-state index in [1.165, 1.54) is 12.1 Å². The zero-order valence-electron chi connectivity index (χ0n) is 14.3. The Morgan fingerprint density at radius 2 is 1.88 bits per heavy atom. The number of nitrogens with zero attached hydrogens (tertiary/aromatic N) is 1. The van der Waals surface area contributed by atoms with E-state index in [2.05, 4.69) is 0 Å². The second-order valence-electron chi connectivity index (χ2n) is 6.16. The van der Waals surface area contributed by atoms with E-state index in [4.69, 9.17) is 9.47 Å². The van der Waals surface area contributed by atoms with E-state index in [0.717, 1.165) is 17.7 Å². The smallest absolute Gasteiger partial charge is 0.416 e. The molecule has 4 nitrogen and oxygen atoms in total. The van der Waals surface area contributed by atoms with Gasteiger partial charge in [-0.15, -0.1) is 0 Å². The second kappa shape index (κ2) is 6.90. The first kappa shape index (κ1) is 18.1. The molecule has 0 saturated carbocycles. The molecule has 0 unspecified atom stereocenters. The van der Waals surface area contributed by atoms with Crippen LogP contribution >= 0.6 is 0 Å². The number of hydrogen-bond donors (Lipinski definition) is 0. The minimum Gasteiger partial charge on any atom is -0.497 e. The number of hydrogen-bond acceptors (Lipinski definition) is 3. The highest BCUT2D eigenvalue weighted by Gasteiger charge is 2.31. The summed E-state index contributed by atoms with van der Waals surface area (Å²) < 4.78 is 49.1. The van der Waals surface area contributed by atoms with Crippen molar-refractivity contribution in [2.75, 3.05) is 13.7 Å². The molecule has 1 heterocycles. The second-order valence-corrected chi connectivity index (χ2v) is 6.16. The molecule has 7 heteroatoms. The minimum atomic E-state index is -4.43. The van der Waals surface area contributed by atoms with Gasteiger partial charge in [0.05, 0.1) is 19.2 Å². The Kier molecular flexibility index (Phi) is 4.80. The van der Waals surface area contributed by atoms with Crippen molar-refractivity contribution in [3.8, 4) is 11.5 Å². The van der Waals surface area contributed by atoms with Crippen molar-refractivity contribution < 1.29 is 27.4 Å². The molecule has 1 aliphatic heterocycles. The van der Waals surface area contributed by atoms with Gasteiger partial charge in [0.15, 0.2) is 0 Å². The topological polar surface area (TPSA) is 38.8 Å². The number of halogens is 3. The predicted octanol–water partition coefficient (Wildman–Crippen LogP) is 4.14. The van der Waals surface area contributed by atoms with Gasteiger partial charge in [0.1, 0.15) is 17.6 Å². The van der Waals surface area contributed by atoms with Crippen LogP contribution in [-0.2, 0) is 12.7 Å². The number of benzene rings is 2. The van der Waals surface area contributed by atoms with Crippen molar-refractivity contribution in [1.82, 2.24) is 4.90 Å². The van der Waals surface area contributed by atoms with E-state index in [1.807, 2.05) is 13.0 Å². The molecule has 0 saturated heterocycles. The lowest BCUT2D eigenvalue weighted by Crippen LogP contribution is -2.36. The molecule has 1 atom stereocenters. The van der Waals surface area contributed by atoms with Crippen molar-refractivity contribution in [2.45, 2.75) is 25.7 Å². The molecule has 0 radical (unpaired) electrons. The van der Waals surface area contributed by atoms with Gasteiger partial charge in [-0.1, -0.05) is 0 Å². The third-order valence-corrected chi connectivity index (χ3v) is 4.19. The normalized spacial score (nSPS) is 17.1. The monoisotopic (exact) mass is 365 g/mol. The molecule has 0 fully saturated rings. The predicted molar refractivity (Wildman–Crippen MR) is 89.3 cm³/mol. The number of rotatable bonds is 2. The summed E-state index contributed by atoms with van der Waals surface area (Å²) in [7, 11) is 1.56. The van der Waals surface area contributed by atoms with Crippen LogP contribution in [0.2, 0.25) is 0 Å². The lowest BCUT2D eigenvalue weighted by atomic mass is 10.1. The maximum atomic E-state index is 12.8. The largest absolute Gasteiger partial charge is 0.497 e. The average molecular weight is 365 g/mol. The van der Waals surface area contributed by atoms with Gasteiger partial charge in [-0.05, 0) is 43.3 Å². The standard InChI is InChI=1S/C19H18F3NO3/c1-12-10-23(11-14-5-8-16(25-2)9-17(14)26-12)18(24)13-3-6-15(7-4-13)19(20,21)22/h3-9,12H,10-11H2,1-2H3/t12-/m1/s1. The minimum absolute atomic E-state index is 0.210. The number of carbonyl (C=O) groups excluding carboxylic acids is 1. The van der Waals surface area contributed by atoms with Gasteiger partial charge in [-0.2, -0.15) is 13.2 Å². The van der Waals surface area contributed by atoms with E-state index >= 15 is 0 Å². The van der Waals surface area contributed by atoms with E-state index in [9.17, 15) is 18.0 Å². The number of fused-ring (bicyclic) bond motifs is 1. The summed E-state index contributed by atoms with van der Waals surface area (Å²) in [6, 6.07) is 9.61. The molecular formula is C19H18F3NO3. The molecule has 26 heavy (non-hydrogen) atoms. The highest BCUT2D eigenvalue weighted by atomic mass is 19.4. The summed E-state index contributed by atoms with van der Waals surface area (Å²) in [5, 5.41) is 0. The van der Waals surface area contributed by atoms with Crippen molar-refractivity contribution in [3.05, 3.63) is 59.2 Å². The Morgan fingerprint density at radius 3 is 2.50 bits per heavy atom. The van der Waals surface area contributed by atoms with E-state index < -0.39 is 11.7 Å². The molecule has 0 aliphatic carbocycles. The molecule has 2 aromatic carbocycles. The molecule has 2 aromatic rings. The van der Waals surface area contributed by atoms with Crippen LogP contribution in [0.3, 0.4) is 0 Å². The highest BCUT2D eigenvalue weighted by molar-refractivity contribution is 5.94. The van der Waals surface area contributed by atoms with Crippen molar-refractivity contribution in [3.63, 3.8) is 0 Å². The summed E-state index contributed by atoms with van der Waals surface area (Å²) in [5.74, 6) is 0.955. The average Bonchev–Trinajstić information content (AvgIpc) is 2.77. The Bertz CT molecular complexity index is 803. The van der Waals surface area contributed by atoms with E-state index in [0.29, 0.717) is 24.6 Å². The van der Waals surface area contributed by atoms with Crippen molar-refractivity contribution in [1.29, 1.82) is 0 Å². The van der Waals surface area contributed by atoms with Gasteiger partial charge in [0.2, 0.25) is 0 Å². The molecule has 1 amide bonds. The third-order valence-electron chi connectivity index (χ3n) is 4.19. The van der Waals surface area contributed by atoms with Gasteiger partial charge < -0.3 is 14.4 Å². The zero-order chi connectivity index (χ0) is 18.9. The quantitative estimate of drug-likeness (QED) is 0.803. The zero-order valence-corrected chi connectivity index (χ0v) is 14.3. The Labute approximate surface area is 149 Å². The summed E-state index contributed by atoms with van der Waals surface area (Å²) in [5.41, 5.74) is 0.247. The Balaban J connectivity index is 1.84. The van der Waals surface area contributed by atoms with Crippen LogP contribution in [0, 0.1) is 0 Å². The first-order valence-corrected chi connectivity index (χ1v) is 8.08. The summed E-state index contributed by atoms with van der Waals surface area (Å²) >= 11 is 0. The van der Waals surface area contributed by atoms with Crippen LogP contribution in [0.4, 0.5) is 13.2 Å². The number of methoxy groups -OCH3 is 1. The van der Waals surface area contributed by atoms with Crippen LogP contribution < -0.4 is 9.47 Å². The molecule has 1 aliphatic rings. The van der Waals surface area contributed by atoms with Crippen LogP contribution in [-0.4, -0.2) is 30.6 Å². The van der Waals surface area contributed by atoms with E-state index in [-0.39, 0.29) is 17.6 Å². The summed E-state index contributed by atoms with van der Waals surface area (Å²) in [6.07, 6.45) is -4.69. The maximum Gasteiger partial charge on any atom is 0.416 e. The molecule has 0 bridgehead atoms. The highest BCUT2D eigenvalue weighted by Crippen LogP contribution is 2.31. The molecule has 0 aromatic heterocycles. The molecule has 0 spiro atoms. The van der Waals surface area contributed by atoms with Crippen molar-refractivity contribution in [2.24, 2.45) is 0 Å². The molecule has 138 valence electrons. The first-order chi connectivity index (χ1) is 12.3. The van der Waals surface area contributed by atoms with Crippen LogP contribution in [0.5, 0.6) is 11.5 Å². The number of carbonyl (C=O) groups is 1. The molecule has 3 rings (SSSR count). The lowest BCUT2D eigenvalue weighted by Gasteiger charge is -2.22. The number of amides is 1. The SMILES string of the molecule is COc1ccc2c(c1)O[C@H](C)CN(C(=O)c1ccc(C(F)(F)F)cc1)C2. The van der Waals surface area contributed by atoms with Crippen LogP contribution in [0.25, 0.3) is 0 Å². The van der Waals surface area contributed by atoms with Gasteiger partial charge in [0, 0.05) is 23.7 Å². The summed E-state index contributed by atoms with van der Waals surface area (Å²) in [6.45, 7) is 2.47. The Hall–Kier alpha value is -2.70. The Morgan fingerprint density at radius 1 is 1.19 bits per heavy atom. The van der Waals surface area contributed by atoms with E-state index in [1.54, 1.807) is 24.1 Å². The van der Waals surface area contributed by atoms with Gasteiger partial charge >= 0.3 is 6.18 Å². The van der Waals surface area contributed by atoms with Crippen LogP contribution in [0.1, 0.15) is 28.4 Å². The molecule has 0 N–H and O–H groups in total. The van der Waals surface area contributed by atoms with Crippen molar-refractivity contribution >= 4 is 5.91 Å². The lowest BCUT2D eigenvalue weighted by molar-refractivity contribution is -0.137. The first-order valence-electron chi connectivity index (χ1n) is 8.08. The molecular weight excluding hydrogens is 347 g/mol. The fourth-order valence-electron chi connectivity index (χ4n) is 2.88. The maximum absolute atomic E-state index is 12.8. The summed E-state index contributed by atoms with van der Waals surface area (Å²) in [4.78, 5) is 14.3. The van der Waals surface area contributed by atoms with Crippen LogP contribution in [0.15, 0.2) is 42.5 Å². The van der Waals surface area contributed by atoms with Gasteiger partial charge in [-0.25, -0.2) is 0 Å². The van der Waals surface area contributed by atoms with Gasteiger partial charge in [-0.3, -0.25) is 4.79 Å². The van der Waals surface area contributed by atoms with Gasteiger partial charge in [0.25, 0.3) is 5.91 Å². The number of ether oxygens (including phenoxy) is 2. The third kappa shape index (κ3) is 3.76. The fourth-order valence-corrected chi connectivity index (χ4v) is 2.88.